The number of hydrogen-bond donors (Lipinski definition) is 0. The van der Waals surface area contributed by atoms with Gasteiger partial charge < -0.3 is 4.74 Å². The van der Waals surface area contributed by atoms with Gasteiger partial charge in [-0.05, 0) is 37.3 Å². The Balaban J connectivity index is 1.63. The van der Waals surface area contributed by atoms with Gasteiger partial charge in [0.25, 0.3) is 5.56 Å². The Bertz CT molecular complexity index is 1390. The van der Waals surface area contributed by atoms with Crippen molar-refractivity contribution < 1.29 is 13.9 Å². The third-order valence-corrected chi connectivity index (χ3v) is 4.92. The number of halogens is 1. The summed E-state index contributed by atoms with van der Waals surface area (Å²) in [5.41, 5.74) is 0.352. The minimum absolute atomic E-state index is 0.118. The molecule has 7 nitrogen and oxygen atoms in total. The van der Waals surface area contributed by atoms with Crippen LogP contribution in [0.25, 0.3) is 21.8 Å². The van der Waals surface area contributed by atoms with Gasteiger partial charge in [0, 0.05) is 23.7 Å². The highest BCUT2D eigenvalue weighted by atomic mass is 19.1. The van der Waals surface area contributed by atoms with E-state index in [0.29, 0.717) is 27.4 Å². The molecule has 0 bridgehead atoms. The second kappa shape index (κ2) is 7.90. The average molecular weight is 407 g/mol. The van der Waals surface area contributed by atoms with E-state index in [1.807, 2.05) is 0 Å². The van der Waals surface area contributed by atoms with Crippen molar-refractivity contribution >= 4 is 27.8 Å². The normalized spacial score (nSPS) is 11.1. The second-order valence-electron chi connectivity index (χ2n) is 6.70. The predicted molar refractivity (Wildman–Crippen MR) is 110 cm³/mol. The molecule has 0 saturated heterocycles. The van der Waals surface area contributed by atoms with Crippen LogP contribution in [0.3, 0.4) is 0 Å². The Hall–Kier alpha value is -3.81. The first-order valence-electron chi connectivity index (χ1n) is 9.41. The van der Waals surface area contributed by atoms with Gasteiger partial charge in [-0.2, -0.15) is 0 Å². The Kier molecular flexibility index (Phi) is 5.14. The molecule has 152 valence electrons. The number of ether oxygens (including phenoxy) is 1. The molecule has 4 rings (SSSR count). The monoisotopic (exact) mass is 407 g/mol. The molecule has 8 heteroatoms. The topological polar surface area (TPSA) is 83.2 Å². The molecular weight excluding hydrogens is 389 g/mol. The number of para-hydroxylation sites is 1. The van der Waals surface area contributed by atoms with Gasteiger partial charge in [-0.3, -0.25) is 23.7 Å². The summed E-state index contributed by atoms with van der Waals surface area (Å²) in [5, 5.41) is 0.684. The van der Waals surface area contributed by atoms with Crippen molar-refractivity contribution in [1.82, 2.24) is 14.1 Å². The smallest absolute Gasteiger partial charge is 0.332 e. The summed E-state index contributed by atoms with van der Waals surface area (Å²) in [4.78, 5) is 41.9. The van der Waals surface area contributed by atoms with Gasteiger partial charge in [0.15, 0.2) is 0 Å². The van der Waals surface area contributed by atoms with Gasteiger partial charge in [0.05, 0.1) is 16.4 Å². The highest BCUT2D eigenvalue weighted by molar-refractivity contribution is 5.83. The summed E-state index contributed by atoms with van der Waals surface area (Å²) in [6.45, 7) is 1.40. The molecule has 2 heterocycles. The largest absolute Gasteiger partial charge is 0.459 e. The third kappa shape index (κ3) is 3.36. The Morgan fingerprint density at radius 1 is 1.03 bits per heavy atom. The molecule has 30 heavy (non-hydrogen) atoms. The Labute approximate surface area is 170 Å². The van der Waals surface area contributed by atoms with E-state index in [9.17, 15) is 18.8 Å². The van der Waals surface area contributed by atoms with Crippen LogP contribution in [0, 0.1) is 5.82 Å². The zero-order chi connectivity index (χ0) is 21.3. The lowest BCUT2D eigenvalue weighted by Crippen LogP contribution is -2.40. The molecular formula is C22H18FN3O4. The van der Waals surface area contributed by atoms with Crippen LogP contribution in [-0.2, 0) is 29.2 Å². The number of benzene rings is 2. The van der Waals surface area contributed by atoms with Crippen molar-refractivity contribution in [3.05, 3.63) is 86.9 Å². The van der Waals surface area contributed by atoms with Crippen molar-refractivity contribution in [2.24, 2.45) is 0 Å². The van der Waals surface area contributed by atoms with Crippen LogP contribution >= 0.6 is 0 Å². The summed E-state index contributed by atoms with van der Waals surface area (Å²) in [6, 6.07) is 12.6. The fraction of sp³-hybridized carbons (Fsp3) is 0.182. The summed E-state index contributed by atoms with van der Waals surface area (Å²) >= 11 is 0. The maximum atomic E-state index is 13.9. The van der Waals surface area contributed by atoms with Crippen LogP contribution in [0.2, 0.25) is 0 Å². The van der Waals surface area contributed by atoms with E-state index < -0.39 is 23.0 Å². The van der Waals surface area contributed by atoms with Crippen molar-refractivity contribution in [2.45, 2.75) is 26.6 Å². The first-order valence-corrected chi connectivity index (χ1v) is 9.41. The molecule has 2 aromatic heterocycles. The first kappa shape index (κ1) is 19.5. The van der Waals surface area contributed by atoms with E-state index in [2.05, 4.69) is 4.98 Å². The summed E-state index contributed by atoms with van der Waals surface area (Å²) in [6.07, 6.45) is 1.53. The van der Waals surface area contributed by atoms with E-state index in [-0.39, 0.29) is 19.7 Å². The van der Waals surface area contributed by atoms with Crippen molar-refractivity contribution in [1.29, 1.82) is 0 Å². The van der Waals surface area contributed by atoms with Crippen molar-refractivity contribution in [3.8, 4) is 0 Å². The Morgan fingerprint density at radius 2 is 1.80 bits per heavy atom. The molecule has 4 aromatic rings. The van der Waals surface area contributed by atoms with Crippen LogP contribution in [0.5, 0.6) is 0 Å². The Morgan fingerprint density at radius 3 is 2.60 bits per heavy atom. The summed E-state index contributed by atoms with van der Waals surface area (Å²) in [5.74, 6) is -1.06. The number of nitrogens with zero attached hydrogens (tertiary/aromatic N) is 3. The van der Waals surface area contributed by atoms with Gasteiger partial charge in [0.1, 0.15) is 19.0 Å². The number of carbonyl (C=O) groups excluding carboxylic acids is 1. The first-order chi connectivity index (χ1) is 14.5. The lowest BCUT2D eigenvalue weighted by Gasteiger charge is -2.13. The molecule has 0 N–H and O–H groups in total. The maximum Gasteiger partial charge on any atom is 0.332 e. The van der Waals surface area contributed by atoms with Crippen molar-refractivity contribution in [3.63, 3.8) is 0 Å². The van der Waals surface area contributed by atoms with E-state index in [1.165, 1.54) is 22.9 Å². The SMILES string of the molecule is CCn1c(=O)c2ccccc2n(CC(=O)OCc2ccc(F)c3cccnc23)c1=O. The van der Waals surface area contributed by atoms with E-state index in [4.69, 9.17) is 4.74 Å². The number of hydrogen-bond acceptors (Lipinski definition) is 5. The number of pyridine rings is 1. The fourth-order valence-electron chi connectivity index (χ4n) is 3.45. The lowest BCUT2D eigenvalue weighted by molar-refractivity contribution is -0.145. The molecule has 0 aliphatic rings. The van der Waals surface area contributed by atoms with Gasteiger partial charge in [-0.25, -0.2) is 9.18 Å². The number of rotatable bonds is 5. The quantitative estimate of drug-likeness (QED) is 0.475. The lowest BCUT2D eigenvalue weighted by atomic mass is 10.1. The highest BCUT2D eigenvalue weighted by Gasteiger charge is 2.16. The molecule has 0 unspecified atom stereocenters. The van der Waals surface area contributed by atoms with Gasteiger partial charge in [-0.15, -0.1) is 0 Å². The average Bonchev–Trinajstić information content (AvgIpc) is 2.77. The van der Waals surface area contributed by atoms with E-state index in [1.54, 1.807) is 43.3 Å². The minimum atomic E-state index is -0.656. The van der Waals surface area contributed by atoms with Crippen LogP contribution in [0.15, 0.2) is 64.3 Å². The van der Waals surface area contributed by atoms with Gasteiger partial charge >= 0.3 is 11.7 Å². The molecule has 0 aliphatic carbocycles. The molecule has 2 aromatic carbocycles. The summed E-state index contributed by atoms with van der Waals surface area (Å²) in [7, 11) is 0. The summed E-state index contributed by atoms with van der Waals surface area (Å²) < 4.78 is 21.6. The zero-order valence-corrected chi connectivity index (χ0v) is 16.2. The minimum Gasteiger partial charge on any atom is -0.459 e. The van der Waals surface area contributed by atoms with Crippen LogP contribution in [0.1, 0.15) is 12.5 Å². The second-order valence-corrected chi connectivity index (χ2v) is 6.70. The molecule has 0 fully saturated rings. The number of fused-ring (bicyclic) bond motifs is 2. The molecule has 0 aliphatic heterocycles. The van der Waals surface area contributed by atoms with E-state index >= 15 is 0 Å². The molecule has 0 saturated carbocycles. The zero-order valence-electron chi connectivity index (χ0n) is 16.2. The fourth-order valence-corrected chi connectivity index (χ4v) is 3.45. The molecule has 0 radical (unpaired) electrons. The van der Waals surface area contributed by atoms with Crippen LogP contribution in [-0.4, -0.2) is 20.1 Å². The molecule has 0 atom stereocenters. The molecule has 0 spiro atoms. The van der Waals surface area contributed by atoms with Crippen molar-refractivity contribution in [2.75, 3.05) is 0 Å². The van der Waals surface area contributed by atoms with E-state index in [0.717, 1.165) is 4.57 Å². The number of esters is 1. The number of aromatic nitrogens is 3. The van der Waals surface area contributed by atoms with Gasteiger partial charge in [-0.1, -0.05) is 18.2 Å². The third-order valence-electron chi connectivity index (χ3n) is 4.92. The van der Waals surface area contributed by atoms with Crippen LogP contribution < -0.4 is 11.2 Å². The van der Waals surface area contributed by atoms with Gasteiger partial charge in [0.2, 0.25) is 0 Å². The standard InChI is InChI=1S/C22H18FN3O4/c1-2-25-21(28)16-6-3-4-8-18(16)26(22(25)29)12-19(27)30-13-14-9-10-17(23)15-7-5-11-24-20(14)15/h3-11H,2,12-13H2,1H3. The predicted octanol–water partition coefficient (Wildman–Crippen LogP) is 2.61. The maximum absolute atomic E-state index is 13.9. The highest BCUT2D eigenvalue weighted by Crippen LogP contribution is 2.20. The van der Waals surface area contributed by atoms with Crippen LogP contribution in [0.4, 0.5) is 4.39 Å². The number of carbonyl (C=O) groups is 1. The molecule has 0 amide bonds.